The number of allylic oxidation sites excluding steroid dienone is 1. The summed E-state index contributed by atoms with van der Waals surface area (Å²) in [5.41, 5.74) is 0. The van der Waals surface area contributed by atoms with E-state index in [1.54, 1.807) is 0 Å². The molecule has 0 rings (SSSR count). The Morgan fingerprint density at radius 1 is 0.821 bits per heavy atom. The predicted octanol–water partition coefficient (Wildman–Crippen LogP) is 7.40. The van der Waals surface area contributed by atoms with Crippen LogP contribution in [-0.2, 0) is 23.1 Å². The predicted molar refractivity (Wildman–Crippen MR) is 117 cm³/mol. The fourth-order valence-corrected chi connectivity index (χ4v) is 4.08. The fraction of sp³-hybridized carbons (Fsp3) is 0.864. The number of ether oxygens (including phenoxy) is 1. The van der Waals surface area contributed by atoms with E-state index in [1.165, 1.54) is 104 Å². The molecule has 28 heavy (non-hydrogen) atoms. The zero-order chi connectivity index (χ0) is 21.1. The van der Waals surface area contributed by atoms with Crippen molar-refractivity contribution in [2.75, 3.05) is 14.2 Å². The van der Waals surface area contributed by atoms with E-state index in [-0.39, 0.29) is 0 Å². The van der Waals surface area contributed by atoms with E-state index in [2.05, 4.69) is 6.92 Å². The zero-order valence-electron chi connectivity index (χ0n) is 18.6. The summed E-state index contributed by atoms with van der Waals surface area (Å²) in [5.74, 6) is -1.44. The van der Waals surface area contributed by atoms with Crippen LogP contribution in [0.15, 0.2) is 12.2 Å². The van der Waals surface area contributed by atoms with Crippen LogP contribution in [0, 0.1) is 0 Å². The summed E-state index contributed by atoms with van der Waals surface area (Å²) in [5, 5.41) is 0. The van der Waals surface area contributed by atoms with Crippen LogP contribution in [0.25, 0.3) is 0 Å². The van der Waals surface area contributed by atoms with Gasteiger partial charge in [-0.25, -0.2) is 4.79 Å². The maximum atomic E-state index is 12.1. The first-order chi connectivity index (χ1) is 13.5. The maximum Gasteiger partial charge on any atom is 0.370 e. The van der Waals surface area contributed by atoms with Gasteiger partial charge in [-0.05, 0) is 19.8 Å². The Morgan fingerprint density at radius 2 is 1.25 bits per heavy atom. The van der Waals surface area contributed by atoms with Gasteiger partial charge in [0, 0.05) is 20.3 Å². The van der Waals surface area contributed by atoms with Gasteiger partial charge < -0.3 is 13.8 Å². The fourth-order valence-electron chi connectivity index (χ4n) is 3.10. The average Bonchev–Trinajstić information content (AvgIpc) is 2.70. The molecule has 0 amide bonds. The number of rotatable bonds is 19. The summed E-state index contributed by atoms with van der Waals surface area (Å²) in [6.07, 6.45) is 21.3. The highest BCUT2D eigenvalue weighted by atomic mass is 31.2. The molecule has 0 fully saturated rings. The van der Waals surface area contributed by atoms with E-state index in [9.17, 15) is 9.36 Å². The highest BCUT2D eigenvalue weighted by Crippen LogP contribution is 2.51. The first-order valence-electron chi connectivity index (χ1n) is 11.1. The minimum absolute atomic E-state index is 0.517. The van der Waals surface area contributed by atoms with Gasteiger partial charge in [-0.3, -0.25) is 4.57 Å². The van der Waals surface area contributed by atoms with Crippen molar-refractivity contribution < 1.29 is 23.1 Å². The number of esters is 1. The topological polar surface area (TPSA) is 61.8 Å². The molecule has 0 aliphatic rings. The van der Waals surface area contributed by atoms with E-state index in [0.29, 0.717) is 0 Å². The minimum atomic E-state index is -3.38. The van der Waals surface area contributed by atoms with Gasteiger partial charge in [-0.2, -0.15) is 0 Å². The molecular weight excluding hydrogens is 375 g/mol. The van der Waals surface area contributed by atoms with Gasteiger partial charge in [0.2, 0.25) is 0 Å². The first-order valence-corrected chi connectivity index (χ1v) is 12.7. The van der Waals surface area contributed by atoms with Crippen LogP contribution in [0.5, 0.6) is 0 Å². The number of carbonyl (C=O) groups is 1. The van der Waals surface area contributed by atoms with Crippen molar-refractivity contribution in [2.45, 2.75) is 110 Å². The van der Waals surface area contributed by atoms with Crippen molar-refractivity contribution in [1.82, 2.24) is 0 Å². The molecule has 0 bridgehead atoms. The molecule has 1 unspecified atom stereocenters. The highest BCUT2D eigenvalue weighted by molar-refractivity contribution is 7.54. The standard InChI is InChI=1S/C22H43O5P/c1-5-6-7-8-9-10-11-12-13-14-15-16-17-18-19-20-22(23)27-21(2)28(24,25-3)26-4/h19-21H,5-18H2,1-4H3/b20-19+. The number of hydrogen-bond donors (Lipinski definition) is 0. The Bertz CT molecular complexity index is 442. The summed E-state index contributed by atoms with van der Waals surface area (Å²) in [4.78, 5) is 11.7. The summed E-state index contributed by atoms with van der Waals surface area (Å²) in [7, 11) is -0.824. The number of carbonyl (C=O) groups excluding carboxylic acids is 1. The lowest BCUT2D eigenvalue weighted by molar-refractivity contribution is -0.139. The van der Waals surface area contributed by atoms with Crippen LogP contribution < -0.4 is 0 Å². The molecule has 0 saturated carbocycles. The van der Waals surface area contributed by atoms with Gasteiger partial charge in [0.15, 0.2) is 5.85 Å². The second-order valence-corrected chi connectivity index (χ2v) is 9.91. The lowest BCUT2D eigenvalue weighted by atomic mass is 10.0. The largest absolute Gasteiger partial charge is 0.447 e. The van der Waals surface area contributed by atoms with Crippen LogP contribution in [0.2, 0.25) is 0 Å². The molecule has 0 aliphatic heterocycles. The second kappa shape index (κ2) is 18.4. The lowest BCUT2D eigenvalue weighted by Gasteiger charge is -2.20. The Balaban J connectivity index is 3.53. The monoisotopic (exact) mass is 418 g/mol. The third-order valence-corrected chi connectivity index (χ3v) is 6.98. The van der Waals surface area contributed by atoms with Gasteiger partial charge in [0.1, 0.15) is 0 Å². The number of unbranched alkanes of at least 4 members (excludes halogenated alkanes) is 13. The molecule has 6 heteroatoms. The molecule has 0 radical (unpaired) electrons. The third kappa shape index (κ3) is 14.4. The quantitative estimate of drug-likeness (QED) is 0.0946. The van der Waals surface area contributed by atoms with Gasteiger partial charge in [-0.15, -0.1) is 0 Å². The van der Waals surface area contributed by atoms with Gasteiger partial charge >= 0.3 is 13.6 Å². The molecular formula is C22H43O5P. The zero-order valence-corrected chi connectivity index (χ0v) is 19.5. The molecule has 0 aromatic rings. The lowest BCUT2D eigenvalue weighted by Crippen LogP contribution is -2.15. The molecule has 166 valence electrons. The van der Waals surface area contributed by atoms with E-state index >= 15 is 0 Å². The van der Waals surface area contributed by atoms with E-state index in [0.717, 1.165) is 12.8 Å². The second-order valence-electron chi connectivity index (χ2n) is 7.37. The molecule has 0 aromatic heterocycles. The normalized spacial score (nSPS) is 13.1. The van der Waals surface area contributed by atoms with Crippen molar-refractivity contribution >= 4 is 13.6 Å². The smallest absolute Gasteiger partial charge is 0.370 e. The summed E-state index contributed by atoms with van der Waals surface area (Å²) < 4.78 is 26.8. The van der Waals surface area contributed by atoms with Crippen LogP contribution in [0.1, 0.15) is 104 Å². The van der Waals surface area contributed by atoms with Crippen molar-refractivity contribution in [2.24, 2.45) is 0 Å². The van der Waals surface area contributed by atoms with Crippen LogP contribution in [-0.4, -0.2) is 26.0 Å². The first kappa shape index (κ1) is 27.4. The highest BCUT2D eigenvalue weighted by Gasteiger charge is 2.32. The van der Waals surface area contributed by atoms with Crippen molar-refractivity contribution in [3.05, 3.63) is 12.2 Å². The molecule has 0 saturated heterocycles. The molecule has 0 aliphatic carbocycles. The van der Waals surface area contributed by atoms with Crippen molar-refractivity contribution in [1.29, 1.82) is 0 Å². The van der Waals surface area contributed by atoms with Gasteiger partial charge in [0.25, 0.3) is 0 Å². The maximum absolute atomic E-state index is 12.1. The molecule has 1 atom stereocenters. The Morgan fingerprint density at radius 3 is 1.68 bits per heavy atom. The summed E-state index contributed by atoms with van der Waals surface area (Å²) in [6, 6.07) is 0. The number of hydrogen-bond acceptors (Lipinski definition) is 5. The van der Waals surface area contributed by atoms with Crippen molar-refractivity contribution in [3.63, 3.8) is 0 Å². The third-order valence-electron chi connectivity index (χ3n) is 4.97. The Kier molecular flexibility index (Phi) is 18.0. The molecule has 0 heterocycles. The van der Waals surface area contributed by atoms with Crippen LogP contribution in [0.4, 0.5) is 0 Å². The van der Waals surface area contributed by atoms with Gasteiger partial charge in [0.05, 0.1) is 0 Å². The molecule has 0 aromatic carbocycles. The van der Waals surface area contributed by atoms with E-state index in [4.69, 9.17) is 13.8 Å². The minimum Gasteiger partial charge on any atom is -0.447 e. The van der Waals surface area contributed by atoms with Crippen LogP contribution in [0.3, 0.4) is 0 Å². The Hall–Kier alpha value is -0.640. The summed E-state index contributed by atoms with van der Waals surface area (Å²) >= 11 is 0. The average molecular weight is 419 g/mol. The molecule has 5 nitrogen and oxygen atoms in total. The molecule has 0 N–H and O–H groups in total. The Labute approximate surface area is 173 Å². The summed E-state index contributed by atoms with van der Waals surface area (Å²) in [6.45, 7) is 3.77. The van der Waals surface area contributed by atoms with E-state index < -0.39 is 19.4 Å². The van der Waals surface area contributed by atoms with Crippen LogP contribution >= 0.6 is 7.60 Å². The van der Waals surface area contributed by atoms with Crippen molar-refractivity contribution in [3.8, 4) is 0 Å². The molecule has 0 spiro atoms. The van der Waals surface area contributed by atoms with Gasteiger partial charge in [-0.1, -0.05) is 90.0 Å². The van der Waals surface area contributed by atoms with E-state index in [1.807, 2.05) is 6.08 Å². The SMILES string of the molecule is CCCCCCCCCCCCCCC/C=C/C(=O)OC(C)P(=O)(OC)OC.